The maximum absolute atomic E-state index is 13.2. The molecular formula is C60H105NO5. The first-order chi connectivity index (χ1) is 32.5. The quantitative estimate of drug-likeness (QED) is 0.0321. The number of carbonyl (C=O) groups excluding carboxylic acids is 2. The molecule has 0 aliphatic rings. The number of aliphatic hydroxyl groups excluding tert-OH is 2. The lowest BCUT2D eigenvalue weighted by molar-refractivity contribution is -0.151. The molecule has 0 spiro atoms. The smallest absolute Gasteiger partial charge is 0.306 e. The van der Waals surface area contributed by atoms with Crippen molar-refractivity contribution >= 4 is 11.9 Å². The molecule has 3 atom stereocenters. The molecule has 0 aromatic rings. The monoisotopic (exact) mass is 920 g/mol. The minimum atomic E-state index is -0.811. The second-order valence-electron chi connectivity index (χ2n) is 18.6. The molecule has 0 saturated heterocycles. The number of allylic oxidation sites excluding steroid dienone is 14. The zero-order valence-electron chi connectivity index (χ0n) is 43.3. The van der Waals surface area contributed by atoms with Gasteiger partial charge in [0.05, 0.1) is 25.2 Å². The highest BCUT2D eigenvalue weighted by Crippen LogP contribution is 2.17. The van der Waals surface area contributed by atoms with Gasteiger partial charge in [-0.1, -0.05) is 234 Å². The summed E-state index contributed by atoms with van der Waals surface area (Å²) >= 11 is 0. The first-order valence-corrected chi connectivity index (χ1v) is 27.8. The standard InChI is InChI=1S/C60H105NO5/c1-4-7-10-13-16-19-22-25-28-30-31-33-36-39-42-45-48-51-56(66-60(65)53-50-47-44-41-38-35-27-24-21-18-15-12-9-6-3)54-59(64)61-57(55-62)58(63)52-49-46-43-40-37-34-32-29-26-23-20-17-14-11-8-5-2/h9,12,16,18-19,21,25,27-28,31,33,35,39,42,56-58,62-63H,4-8,10-11,13-15,17,20,22-24,26,29-30,32,34,36-38,40-41,43-55H2,1-3H3,(H,61,64)/b12-9+,19-16-,21-18+,28-25-,33-31-,35-27+,42-39-. The first-order valence-electron chi connectivity index (χ1n) is 27.8. The van der Waals surface area contributed by atoms with Crippen LogP contribution in [-0.2, 0) is 14.3 Å². The van der Waals surface area contributed by atoms with Gasteiger partial charge < -0.3 is 20.3 Å². The van der Waals surface area contributed by atoms with Crippen LogP contribution < -0.4 is 5.32 Å². The van der Waals surface area contributed by atoms with Gasteiger partial charge in [0.25, 0.3) is 0 Å². The highest BCUT2D eigenvalue weighted by Gasteiger charge is 2.24. The molecule has 0 aliphatic heterocycles. The summed E-state index contributed by atoms with van der Waals surface area (Å²) in [6, 6.07) is -0.729. The molecule has 3 unspecified atom stereocenters. The Bertz CT molecular complexity index is 1260. The van der Waals surface area contributed by atoms with Gasteiger partial charge in [-0.05, 0) is 96.3 Å². The van der Waals surface area contributed by atoms with Crippen LogP contribution in [0.15, 0.2) is 85.1 Å². The second kappa shape index (κ2) is 53.0. The summed E-state index contributed by atoms with van der Waals surface area (Å²) in [6.45, 7) is 6.33. The third-order valence-corrected chi connectivity index (χ3v) is 12.2. The summed E-state index contributed by atoms with van der Waals surface area (Å²) < 4.78 is 5.91. The number of hydrogen-bond acceptors (Lipinski definition) is 5. The SMILES string of the molecule is CC/C=C/C/C=C/C/C=C/CCCCCCC(=O)OC(CCC/C=C\C/C=C\C/C=C\C/C=C\CCCCC)CC(=O)NC(CO)C(O)CCCCCCCCCCCCCCCCCC. The number of esters is 1. The van der Waals surface area contributed by atoms with Crippen molar-refractivity contribution in [2.45, 2.75) is 277 Å². The van der Waals surface area contributed by atoms with E-state index >= 15 is 0 Å². The average molecular weight is 921 g/mol. The molecule has 0 rings (SSSR count). The summed E-state index contributed by atoms with van der Waals surface area (Å²) in [6.07, 6.45) is 69.3. The van der Waals surface area contributed by atoms with Gasteiger partial charge >= 0.3 is 5.97 Å². The van der Waals surface area contributed by atoms with Crippen LogP contribution in [0.25, 0.3) is 0 Å². The molecule has 6 heteroatoms. The molecular weight excluding hydrogens is 815 g/mol. The van der Waals surface area contributed by atoms with E-state index in [0.717, 1.165) is 103 Å². The molecule has 0 heterocycles. The fourth-order valence-electron chi connectivity index (χ4n) is 8.02. The molecule has 0 fully saturated rings. The van der Waals surface area contributed by atoms with E-state index in [-0.39, 0.29) is 24.9 Å². The van der Waals surface area contributed by atoms with Crippen LogP contribution in [0.2, 0.25) is 0 Å². The molecule has 0 radical (unpaired) electrons. The lowest BCUT2D eigenvalue weighted by atomic mass is 10.0. The van der Waals surface area contributed by atoms with Gasteiger partial charge in [-0.25, -0.2) is 0 Å². The number of rotatable bonds is 49. The molecule has 0 aromatic carbocycles. The van der Waals surface area contributed by atoms with Crippen LogP contribution in [0.5, 0.6) is 0 Å². The van der Waals surface area contributed by atoms with E-state index in [4.69, 9.17) is 4.74 Å². The zero-order chi connectivity index (χ0) is 48.1. The number of carbonyl (C=O) groups is 2. The van der Waals surface area contributed by atoms with Crippen LogP contribution >= 0.6 is 0 Å². The Morgan fingerprint density at radius 2 is 0.833 bits per heavy atom. The third kappa shape index (κ3) is 47.5. The Labute approximate surface area is 408 Å². The Kier molecular flexibility index (Phi) is 50.6. The van der Waals surface area contributed by atoms with E-state index in [1.807, 2.05) is 0 Å². The second-order valence-corrected chi connectivity index (χ2v) is 18.6. The number of unbranched alkanes of at least 4 members (excludes halogenated alkanes) is 23. The normalized spacial score (nSPS) is 13.8. The summed E-state index contributed by atoms with van der Waals surface area (Å²) in [7, 11) is 0. The lowest BCUT2D eigenvalue weighted by Crippen LogP contribution is -2.46. The minimum absolute atomic E-state index is 0.0274. The molecule has 3 N–H and O–H groups in total. The maximum atomic E-state index is 13.2. The van der Waals surface area contributed by atoms with Gasteiger partial charge in [0.2, 0.25) is 5.91 Å². The van der Waals surface area contributed by atoms with Crippen molar-refractivity contribution in [1.82, 2.24) is 5.32 Å². The Balaban J connectivity index is 4.69. The summed E-state index contributed by atoms with van der Waals surface area (Å²) in [4.78, 5) is 26.2. The van der Waals surface area contributed by atoms with Gasteiger partial charge in [-0.15, -0.1) is 0 Å². The van der Waals surface area contributed by atoms with Crippen molar-refractivity contribution in [3.05, 3.63) is 85.1 Å². The van der Waals surface area contributed by atoms with E-state index in [1.165, 1.54) is 109 Å². The van der Waals surface area contributed by atoms with Crippen LogP contribution in [0.1, 0.15) is 258 Å². The predicted molar refractivity (Wildman–Crippen MR) is 287 cm³/mol. The number of hydrogen-bond donors (Lipinski definition) is 3. The molecule has 1 amide bonds. The van der Waals surface area contributed by atoms with E-state index in [1.54, 1.807) is 0 Å². The van der Waals surface area contributed by atoms with Crippen molar-refractivity contribution in [2.24, 2.45) is 0 Å². The molecule has 0 aromatic heterocycles. The topological polar surface area (TPSA) is 95.9 Å². The van der Waals surface area contributed by atoms with E-state index in [0.29, 0.717) is 19.3 Å². The molecule has 380 valence electrons. The van der Waals surface area contributed by atoms with Crippen molar-refractivity contribution < 1.29 is 24.5 Å². The molecule has 66 heavy (non-hydrogen) atoms. The lowest BCUT2D eigenvalue weighted by Gasteiger charge is -2.24. The Morgan fingerprint density at radius 1 is 0.455 bits per heavy atom. The number of ether oxygens (including phenoxy) is 1. The van der Waals surface area contributed by atoms with E-state index in [9.17, 15) is 19.8 Å². The highest BCUT2D eigenvalue weighted by atomic mass is 16.5. The van der Waals surface area contributed by atoms with Crippen LogP contribution in [0.4, 0.5) is 0 Å². The fourth-order valence-corrected chi connectivity index (χ4v) is 8.02. The largest absolute Gasteiger partial charge is 0.462 e. The highest BCUT2D eigenvalue weighted by molar-refractivity contribution is 5.77. The fraction of sp³-hybridized carbons (Fsp3) is 0.733. The number of amides is 1. The van der Waals surface area contributed by atoms with Gasteiger partial charge in [-0.3, -0.25) is 9.59 Å². The zero-order valence-corrected chi connectivity index (χ0v) is 43.3. The third-order valence-electron chi connectivity index (χ3n) is 12.2. The van der Waals surface area contributed by atoms with Gasteiger partial charge in [0.1, 0.15) is 6.10 Å². The summed E-state index contributed by atoms with van der Waals surface area (Å²) in [5.74, 6) is -0.555. The van der Waals surface area contributed by atoms with Crippen molar-refractivity contribution in [3.8, 4) is 0 Å². The predicted octanol–water partition coefficient (Wildman–Crippen LogP) is 17.1. The van der Waals surface area contributed by atoms with E-state index < -0.39 is 18.2 Å². The Hall–Kier alpha value is -2.96. The Morgan fingerprint density at radius 3 is 1.30 bits per heavy atom. The molecule has 6 nitrogen and oxygen atoms in total. The minimum Gasteiger partial charge on any atom is -0.462 e. The number of nitrogens with one attached hydrogen (secondary N) is 1. The van der Waals surface area contributed by atoms with Gasteiger partial charge in [-0.2, -0.15) is 0 Å². The van der Waals surface area contributed by atoms with E-state index in [2.05, 4.69) is 111 Å². The molecule has 0 saturated carbocycles. The average Bonchev–Trinajstić information content (AvgIpc) is 3.31. The van der Waals surface area contributed by atoms with Crippen LogP contribution in [0.3, 0.4) is 0 Å². The number of aliphatic hydroxyl groups is 2. The van der Waals surface area contributed by atoms with Gasteiger partial charge in [0.15, 0.2) is 0 Å². The van der Waals surface area contributed by atoms with Crippen LogP contribution in [-0.4, -0.2) is 46.9 Å². The summed E-state index contributed by atoms with van der Waals surface area (Å²) in [5, 5.41) is 23.8. The van der Waals surface area contributed by atoms with Gasteiger partial charge in [0, 0.05) is 6.42 Å². The maximum Gasteiger partial charge on any atom is 0.306 e. The van der Waals surface area contributed by atoms with Crippen molar-refractivity contribution in [3.63, 3.8) is 0 Å². The van der Waals surface area contributed by atoms with Crippen LogP contribution in [0, 0.1) is 0 Å². The summed E-state index contributed by atoms with van der Waals surface area (Å²) in [5.41, 5.74) is 0. The first kappa shape index (κ1) is 63.0. The van der Waals surface area contributed by atoms with Crippen molar-refractivity contribution in [2.75, 3.05) is 6.61 Å². The van der Waals surface area contributed by atoms with Crippen molar-refractivity contribution in [1.29, 1.82) is 0 Å². The molecule has 0 aliphatic carbocycles. The molecule has 0 bridgehead atoms.